The fraction of sp³-hybridized carbons (Fsp3) is 0.0625. The fourth-order valence-corrected chi connectivity index (χ4v) is 2.55. The van der Waals surface area contributed by atoms with E-state index in [-0.39, 0.29) is 0 Å². The monoisotopic (exact) mass is 345 g/mol. The lowest BCUT2D eigenvalue weighted by Crippen LogP contribution is -2.03. The summed E-state index contributed by atoms with van der Waals surface area (Å²) in [6, 6.07) is 13.0. The highest BCUT2D eigenvalue weighted by atomic mass is 35.5. The fourth-order valence-electron chi connectivity index (χ4n) is 2.02. The van der Waals surface area contributed by atoms with Crippen LogP contribution in [0, 0.1) is 6.92 Å². The van der Waals surface area contributed by atoms with Gasteiger partial charge in [-0.2, -0.15) is 10.1 Å². The number of hydrogen-bond acceptors (Lipinski definition) is 5. The van der Waals surface area contributed by atoms with E-state index in [1.165, 1.54) is 6.20 Å². The molecule has 116 valence electrons. The Hall–Kier alpha value is -2.37. The van der Waals surface area contributed by atoms with E-state index < -0.39 is 0 Å². The molecule has 0 fully saturated rings. The number of benzene rings is 2. The van der Waals surface area contributed by atoms with Gasteiger partial charge in [0.05, 0.1) is 6.20 Å². The molecule has 0 saturated carbocycles. The number of anilines is 4. The second-order valence-electron chi connectivity index (χ2n) is 4.89. The summed E-state index contributed by atoms with van der Waals surface area (Å²) in [5, 5.41) is 15.3. The van der Waals surface area contributed by atoms with Crippen LogP contribution >= 0.6 is 23.2 Å². The second kappa shape index (κ2) is 6.81. The van der Waals surface area contributed by atoms with Crippen LogP contribution in [0.1, 0.15) is 5.56 Å². The number of hydrogen-bond donors (Lipinski definition) is 2. The maximum absolute atomic E-state index is 5.99. The molecule has 1 heterocycles. The van der Waals surface area contributed by atoms with Crippen LogP contribution in [0.25, 0.3) is 0 Å². The summed E-state index contributed by atoms with van der Waals surface area (Å²) >= 11 is 12.0. The molecule has 0 spiro atoms. The second-order valence-corrected chi connectivity index (χ2v) is 5.76. The molecule has 0 aliphatic carbocycles. The molecule has 3 rings (SSSR count). The minimum Gasteiger partial charge on any atom is -0.339 e. The molecule has 3 aromatic rings. The summed E-state index contributed by atoms with van der Waals surface area (Å²) in [6.45, 7) is 2.01. The SMILES string of the molecule is Cc1ccccc1Nc1nncc(Nc2cc(Cl)cc(Cl)c2)n1. The van der Waals surface area contributed by atoms with Gasteiger partial charge >= 0.3 is 0 Å². The van der Waals surface area contributed by atoms with Gasteiger partial charge in [-0.25, -0.2) is 0 Å². The maximum Gasteiger partial charge on any atom is 0.249 e. The molecular weight excluding hydrogens is 333 g/mol. The van der Waals surface area contributed by atoms with Crippen molar-refractivity contribution in [3.8, 4) is 0 Å². The van der Waals surface area contributed by atoms with Gasteiger partial charge in [0.15, 0.2) is 5.82 Å². The highest BCUT2D eigenvalue weighted by molar-refractivity contribution is 6.35. The molecule has 0 aliphatic heterocycles. The summed E-state index contributed by atoms with van der Waals surface area (Å²) in [7, 11) is 0. The van der Waals surface area contributed by atoms with E-state index in [0.717, 1.165) is 16.9 Å². The Kier molecular flexibility index (Phi) is 4.60. The van der Waals surface area contributed by atoms with Crippen LogP contribution in [0.2, 0.25) is 10.0 Å². The number of nitrogens with zero attached hydrogens (tertiary/aromatic N) is 3. The van der Waals surface area contributed by atoms with Crippen LogP contribution < -0.4 is 10.6 Å². The van der Waals surface area contributed by atoms with Crippen LogP contribution in [-0.2, 0) is 0 Å². The van der Waals surface area contributed by atoms with Gasteiger partial charge in [0.2, 0.25) is 5.95 Å². The van der Waals surface area contributed by atoms with E-state index in [1.54, 1.807) is 18.2 Å². The standard InChI is InChI=1S/C16H13Cl2N5/c1-10-4-2-3-5-14(10)21-16-22-15(9-19-23-16)20-13-7-11(17)6-12(18)8-13/h2-9H,1H3,(H2,20,21,22,23). The van der Waals surface area contributed by atoms with Crippen molar-refractivity contribution in [2.75, 3.05) is 10.6 Å². The van der Waals surface area contributed by atoms with Gasteiger partial charge in [0.1, 0.15) is 0 Å². The van der Waals surface area contributed by atoms with Crippen molar-refractivity contribution in [1.29, 1.82) is 0 Å². The summed E-state index contributed by atoms with van der Waals surface area (Å²) in [6.07, 6.45) is 1.53. The Morgan fingerprint density at radius 3 is 2.43 bits per heavy atom. The van der Waals surface area contributed by atoms with E-state index in [9.17, 15) is 0 Å². The van der Waals surface area contributed by atoms with Crippen molar-refractivity contribution in [1.82, 2.24) is 15.2 Å². The first-order valence-electron chi connectivity index (χ1n) is 6.86. The smallest absolute Gasteiger partial charge is 0.249 e. The molecule has 0 aliphatic rings. The van der Waals surface area contributed by atoms with Gasteiger partial charge in [-0.3, -0.25) is 0 Å². The first-order chi connectivity index (χ1) is 11.1. The molecule has 0 radical (unpaired) electrons. The number of aryl methyl sites for hydroxylation is 1. The largest absolute Gasteiger partial charge is 0.339 e. The topological polar surface area (TPSA) is 62.7 Å². The number of nitrogens with one attached hydrogen (secondary N) is 2. The van der Waals surface area contributed by atoms with Crippen molar-refractivity contribution < 1.29 is 0 Å². The average Bonchev–Trinajstić information content (AvgIpc) is 2.49. The third-order valence-electron chi connectivity index (χ3n) is 3.09. The lowest BCUT2D eigenvalue weighted by atomic mass is 10.2. The first-order valence-corrected chi connectivity index (χ1v) is 7.61. The van der Waals surface area contributed by atoms with E-state index in [2.05, 4.69) is 25.8 Å². The number of para-hydroxylation sites is 1. The molecule has 0 saturated heterocycles. The van der Waals surface area contributed by atoms with Crippen LogP contribution in [0.15, 0.2) is 48.7 Å². The Morgan fingerprint density at radius 2 is 1.70 bits per heavy atom. The lowest BCUT2D eigenvalue weighted by Gasteiger charge is -2.09. The predicted molar refractivity (Wildman–Crippen MR) is 94.0 cm³/mol. The number of aromatic nitrogens is 3. The Morgan fingerprint density at radius 1 is 0.957 bits per heavy atom. The molecule has 0 atom stereocenters. The van der Waals surface area contributed by atoms with E-state index >= 15 is 0 Å². The molecule has 0 bridgehead atoms. The molecule has 1 aromatic heterocycles. The predicted octanol–water partition coefficient (Wildman–Crippen LogP) is 4.97. The zero-order valence-corrected chi connectivity index (χ0v) is 13.7. The van der Waals surface area contributed by atoms with Crippen molar-refractivity contribution >= 4 is 46.3 Å². The zero-order valence-electron chi connectivity index (χ0n) is 12.2. The zero-order chi connectivity index (χ0) is 16.2. The van der Waals surface area contributed by atoms with Gasteiger partial charge < -0.3 is 10.6 Å². The molecule has 2 aromatic carbocycles. The Labute approximate surface area is 143 Å². The Bertz CT molecular complexity index is 818. The summed E-state index contributed by atoms with van der Waals surface area (Å²) in [5.74, 6) is 0.937. The molecule has 0 amide bonds. The molecule has 7 heteroatoms. The van der Waals surface area contributed by atoms with Gasteiger partial charge in [0, 0.05) is 21.4 Å². The summed E-state index contributed by atoms with van der Waals surface area (Å²) < 4.78 is 0. The van der Waals surface area contributed by atoms with Crippen molar-refractivity contribution in [3.63, 3.8) is 0 Å². The minimum absolute atomic E-state index is 0.400. The average molecular weight is 346 g/mol. The van der Waals surface area contributed by atoms with Crippen molar-refractivity contribution in [3.05, 3.63) is 64.3 Å². The quantitative estimate of drug-likeness (QED) is 0.698. The normalized spacial score (nSPS) is 10.4. The van der Waals surface area contributed by atoms with Gasteiger partial charge in [-0.05, 0) is 36.8 Å². The van der Waals surface area contributed by atoms with E-state index in [0.29, 0.717) is 21.8 Å². The van der Waals surface area contributed by atoms with Crippen molar-refractivity contribution in [2.24, 2.45) is 0 Å². The third kappa shape index (κ3) is 4.09. The summed E-state index contributed by atoms with van der Waals surface area (Å²) in [5.41, 5.74) is 2.75. The van der Waals surface area contributed by atoms with Crippen LogP contribution in [-0.4, -0.2) is 15.2 Å². The Balaban J connectivity index is 1.81. The minimum atomic E-state index is 0.400. The molecular formula is C16H13Cl2N5. The molecule has 2 N–H and O–H groups in total. The highest BCUT2D eigenvalue weighted by Crippen LogP contribution is 2.25. The van der Waals surface area contributed by atoms with E-state index in [4.69, 9.17) is 23.2 Å². The van der Waals surface area contributed by atoms with Crippen molar-refractivity contribution in [2.45, 2.75) is 6.92 Å². The molecule has 0 unspecified atom stereocenters. The highest BCUT2D eigenvalue weighted by Gasteiger charge is 2.05. The molecule has 5 nitrogen and oxygen atoms in total. The van der Waals surface area contributed by atoms with Gasteiger partial charge in [-0.1, -0.05) is 41.4 Å². The first kappa shape index (κ1) is 15.5. The number of halogens is 2. The number of rotatable bonds is 4. The van der Waals surface area contributed by atoms with Gasteiger partial charge in [-0.15, -0.1) is 5.10 Å². The van der Waals surface area contributed by atoms with E-state index in [1.807, 2.05) is 31.2 Å². The third-order valence-corrected chi connectivity index (χ3v) is 3.52. The van der Waals surface area contributed by atoms with Gasteiger partial charge in [0.25, 0.3) is 0 Å². The van der Waals surface area contributed by atoms with Crippen LogP contribution in [0.3, 0.4) is 0 Å². The van der Waals surface area contributed by atoms with Crippen LogP contribution in [0.4, 0.5) is 23.1 Å². The maximum atomic E-state index is 5.99. The lowest BCUT2D eigenvalue weighted by molar-refractivity contribution is 0.982. The molecule has 23 heavy (non-hydrogen) atoms. The van der Waals surface area contributed by atoms with Crippen LogP contribution in [0.5, 0.6) is 0 Å². The summed E-state index contributed by atoms with van der Waals surface area (Å²) in [4.78, 5) is 4.38.